The van der Waals surface area contributed by atoms with Crippen molar-refractivity contribution in [1.29, 1.82) is 0 Å². The third-order valence-corrected chi connectivity index (χ3v) is 5.67. The van der Waals surface area contributed by atoms with Crippen molar-refractivity contribution in [2.75, 3.05) is 65.7 Å². The van der Waals surface area contributed by atoms with Crippen LogP contribution in [0.2, 0.25) is 0 Å². The van der Waals surface area contributed by atoms with Crippen LogP contribution in [-0.2, 0) is 14.8 Å². The molecule has 23 heavy (non-hydrogen) atoms. The number of nitrogens with one attached hydrogen (secondary N) is 1. The van der Waals surface area contributed by atoms with Crippen LogP contribution in [0.15, 0.2) is 0 Å². The average Bonchev–Trinajstić information content (AvgIpc) is 2.47. The predicted molar refractivity (Wildman–Crippen MR) is 93.3 cm³/mol. The zero-order chi connectivity index (χ0) is 16.2. The van der Waals surface area contributed by atoms with Crippen molar-refractivity contribution in [3.63, 3.8) is 0 Å². The highest BCUT2D eigenvalue weighted by Crippen LogP contribution is 2.19. The first-order valence-electron chi connectivity index (χ1n) is 7.98. The van der Waals surface area contributed by atoms with Crippen LogP contribution < -0.4 is 5.32 Å². The van der Waals surface area contributed by atoms with Crippen LogP contribution in [0.4, 0.5) is 0 Å². The first kappa shape index (κ1) is 20.6. The standard InChI is InChI=1S/C14H28N4O3S.ClH/c1-16(12-14(19)17-8-5-15-6-9-17)10-13-4-3-7-18(11-13)22(2,20)21;/h13,15H,3-12H2,1-2H3;1H. The topological polar surface area (TPSA) is 73.0 Å². The Kier molecular flexibility index (Phi) is 8.23. The number of carbonyl (C=O) groups excluding carboxylic acids is 1. The summed E-state index contributed by atoms with van der Waals surface area (Å²) in [5, 5.41) is 3.24. The Balaban J connectivity index is 0.00000264. The van der Waals surface area contributed by atoms with Crippen molar-refractivity contribution in [3.05, 3.63) is 0 Å². The van der Waals surface area contributed by atoms with Gasteiger partial charge in [-0.1, -0.05) is 0 Å². The van der Waals surface area contributed by atoms with E-state index in [9.17, 15) is 13.2 Å². The Hall–Kier alpha value is -0.410. The number of hydrogen-bond acceptors (Lipinski definition) is 5. The number of piperazine rings is 1. The monoisotopic (exact) mass is 368 g/mol. The maximum Gasteiger partial charge on any atom is 0.236 e. The second-order valence-electron chi connectivity index (χ2n) is 6.46. The molecule has 9 heteroatoms. The molecule has 0 saturated carbocycles. The summed E-state index contributed by atoms with van der Waals surface area (Å²) in [6, 6.07) is 0. The Morgan fingerprint density at radius 1 is 1.26 bits per heavy atom. The number of halogens is 1. The second kappa shape index (κ2) is 9.17. The molecule has 2 aliphatic heterocycles. The molecule has 2 rings (SSSR count). The maximum absolute atomic E-state index is 12.2. The molecular weight excluding hydrogens is 340 g/mol. The molecule has 0 radical (unpaired) electrons. The summed E-state index contributed by atoms with van der Waals surface area (Å²) >= 11 is 0. The summed E-state index contributed by atoms with van der Waals surface area (Å²) in [4.78, 5) is 16.2. The molecule has 0 spiro atoms. The molecule has 0 aliphatic carbocycles. The lowest BCUT2D eigenvalue weighted by Crippen LogP contribution is -2.50. The van der Waals surface area contributed by atoms with Gasteiger partial charge in [-0.05, 0) is 25.8 Å². The molecule has 1 unspecified atom stereocenters. The average molecular weight is 369 g/mol. The van der Waals surface area contributed by atoms with E-state index in [0.29, 0.717) is 25.6 Å². The zero-order valence-corrected chi connectivity index (χ0v) is 15.7. The summed E-state index contributed by atoms with van der Waals surface area (Å²) in [6.45, 7) is 5.65. The van der Waals surface area contributed by atoms with Crippen molar-refractivity contribution < 1.29 is 13.2 Å². The van der Waals surface area contributed by atoms with E-state index in [2.05, 4.69) is 5.32 Å². The summed E-state index contributed by atoms with van der Waals surface area (Å²) in [7, 11) is -1.16. The summed E-state index contributed by atoms with van der Waals surface area (Å²) in [5.41, 5.74) is 0. The first-order valence-corrected chi connectivity index (χ1v) is 9.83. The lowest BCUT2D eigenvalue weighted by atomic mass is 9.99. The van der Waals surface area contributed by atoms with Gasteiger partial charge in [-0.2, -0.15) is 0 Å². The lowest BCUT2D eigenvalue weighted by Gasteiger charge is -2.34. The summed E-state index contributed by atoms with van der Waals surface area (Å²) in [5.74, 6) is 0.476. The number of hydrogen-bond donors (Lipinski definition) is 1. The normalized spacial score (nSPS) is 23.6. The molecule has 0 aromatic heterocycles. The van der Waals surface area contributed by atoms with Crippen LogP contribution in [0.5, 0.6) is 0 Å². The molecule has 2 heterocycles. The smallest absolute Gasteiger partial charge is 0.236 e. The van der Waals surface area contributed by atoms with Gasteiger partial charge < -0.3 is 10.2 Å². The van der Waals surface area contributed by atoms with Gasteiger partial charge >= 0.3 is 0 Å². The van der Waals surface area contributed by atoms with Crippen LogP contribution in [-0.4, -0.2) is 94.1 Å². The van der Waals surface area contributed by atoms with E-state index >= 15 is 0 Å². The van der Waals surface area contributed by atoms with E-state index in [1.165, 1.54) is 6.26 Å². The minimum absolute atomic E-state index is 0. The molecular formula is C14H29ClN4O3S. The van der Waals surface area contributed by atoms with Gasteiger partial charge in [-0.25, -0.2) is 12.7 Å². The molecule has 2 saturated heterocycles. The van der Waals surface area contributed by atoms with E-state index in [1.807, 2.05) is 16.8 Å². The second-order valence-corrected chi connectivity index (χ2v) is 8.44. The largest absolute Gasteiger partial charge is 0.339 e. The number of sulfonamides is 1. The fourth-order valence-corrected chi connectivity index (χ4v) is 4.17. The third kappa shape index (κ3) is 6.54. The van der Waals surface area contributed by atoms with E-state index in [-0.39, 0.29) is 18.3 Å². The van der Waals surface area contributed by atoms with E-state index in [4.69, 9.17) is 0 Å². The molecule has 2 aliphatic rings. The number of piperidine rings is 1. The van der Waals surface area contributed by atoms with Crippen molar-refractivity contribution in [2.45, 2.75) is 12.8 Å². The Morgan fingerprint density at radius 2 is 1.91 bits per heavy atom. The Labute approximate surface area is 145 Å². The quantitative estimate of drug-likeness (QED) is 0.704. The minimum Gasteiger partial charge on any atom is -0.339 e. The Morgan fingerprint density at radius 3 is 2.52 bits per heavy atom. The highest BCUT2D eigenvalue weighted by atomic mass is 35.5. The molecule has 1 amide bonds. The van der Waals surface area contributed by atoms with Gasteiger partial charge in [0.05, 0.1) is 12.8 Å². The van der Waals surface area contributed by atoms with Crippen molar-refractivity contribution >= 4 is 28.3 Å². The van der Waals surface area contributed by atoms with Crippen molar-refractivity contribution in [2.24, 2.45) is 5.92 Å². The van der Waals surface area contributed by atoms with Crippen molar-refractivity contribution in [3.8, 4) is 0 Å². The number of rotatable bonds is 5. The van der Waals surface area contributed by atoms with Gasteiger partial charge in [0.2, 0.25) is 15.9 Å². The fourth-order valence-electron chi connectivity index (χ4n) is 3.23. The minimum atomic E-state index is -3.10. The van der Waals surface area contributed by atoms with Gasteiger partial charge in [0.25, 0.3) is 0 Å². The van der Waals surface area contributed by atoms with Crippen LogP contribution in [0, 0.1) is 5.92 Å². The molecule has 1 N–H and O–H groups in total. The van der Waals surface area contributed by atoms with Crippen LogP contribution in [0.25, 0.3) is 0 Å². The zero-order valence-electron chi connectivity index (χ0n) is 14.0. The molecule has 136 valence electrons. The maximum atomic E-state index is 12.2. The highest BCUT2D eigenvalue weighted by molar-refractivity contribution is 7.88. The summed E-state index contributed by atoms with van der Waals surface area (Å²) in [6.07, 6.45) is 3.20. The first-order chi connectivity index (χ1) is 10.4. The third-order valence-electron chi connectivity index (χ3n) is 4.40. The molecule has 2 fully saturated rings. The van der Waals surface area contributed by atoms with Crippen LogP contribution >= 0.6 is 12.4 Å². The van der Waals surface area contributed by atoms with Gasteiger partial charge in [0.15, 0.2) is 0 Å². The van der Waals surface area contributed by atoms with Gasteiger partial charge in [0, 0.05) is 45.8 Å². The molecule has 0 aromatic carbocycles. The number of carbonyl (C=O) groups is 1. The molecule has 7 nitrogen and oxygen atoms in total. The van der Waals surface area contributed by atoms with Crippen LogP contribution in [0.1, 0.15) is 12.8 Å². The van der Waals surface area contributed by atoms with Crippen molar-refractivity contribution in [1.82, 2.24) is 19.4 Å². The summed E-state index contributed by atoms with van der Waals surface area (Å²) < 4.78 is 24.9. The Bertz CT molecular complexity index is 482. The van der Waals surface area contributed by atoms with E-state index < -0.39 is 10.0 Å². The van der Waals surface area contributed by atoms with Gasteiger partial charge in [0.1, 0.15) is 0 Å². The number of amides is 1. The van der Waals surface area contributed by atoms with E-state index in [1.54, 1.807) is 4.31 Å². The lowest BCUT2D eigenvalue weighted by molar-refractivity contribution is -0.132. The number of nitrogens with zero attached hydrogens (tertiary/aromatic N) is 3. The van der Waals surface area contributed by atoms with Gasteiger partial charge in [-0.15, -0.1) is 12.4 Å². The fraction of sp³-hybridized carbons (Fsp3) is 0.929. The molecule has 0 bridgehead atoms. The molecule has 1 atom stereocenters. The van der Waals surface area contributed by atoms with E-state index in [0.717, 1.165) is 45.6 Å². The predicted octanol–water partition coefficient (Wildman–Crippen LogP) is -0.557. The van der Waals surface area contributed by atoms with Crippen LogP contribution in [0.3, 0.4) is 0 Å². The molecule has 0 aromatic rings. The highest BCUT2D eigenvalue weighted by Gasteiger charge is 2.27. The SMILES string of the molecule is CN(CC(=O)N1CCNCC1)CC1CCCN(S(C)(=O)=O)C1.Cl. The number of likely N-dealkylation sites (N-methyl/N-ethyl adjacent to an activating group) is 1. The van der Waals surface area contributed by atoms with Gasteiger partial charge in [-0.3, -0.25) is 9.69 Å².